The number of benzene rings is 1. The molecule has 0 unspecified atom stereocenters. The summed E-state index contributed by atoms with van der Waals surface area (Å²) in [6, 6.07) is 12.2. The first-order valence-corrected chi connectivity index (χ1v) is 8.03. The molecule has 2 N–H and O–H groups in total. The Morgan fingerprint density at radius 1 is 1.18 bits per heavy atom. The van der Waals surface area contributed by atoms with Gasteiger partial charge >= 0.3 is 0 Å². The van der Waals surface area contributed by atoms with E-state index in [-0.39, 0.29) is 18.3 Å². The van der Waals surface area contributed by atoms with Crippen LogP contribution in [0.5, 0.6) is 0 Å². The molecule has 0 bridgehead atoms. The summed E-state index contributed by atoms with van der Waals surface area (Å²) < 4.78 is 0. The summed E-state index contributed by atoms with van der Waals surface area (Å²) >= 11 is 1.57. The Labute approximate surface area is 142 Å². The van der Waals surface area contributed by atoms with Gasteiger partial charge in [-0.25, -0.2) is 0 Å². The SMILES string of the molecule is Cc1cc(C(=O)N(CCN)CCc2ccccc2)sc1C.Cl. The molecule has 3 nitrogen and oxygen atoms in total. The van der Waals surface area contributed by atoms with Crippen LogP contribution in [0.25, 0.3) is 0 Å². The second-order valence-corrected chi connectivity index (χ2v) is 6.42. The highest BCUT2D eigenvalue weighted by Gasteiger charge is 2.17. The Balaban J connectivity index is 0.00000242. The van der Waals surface area contributed by atoms with Crippen LogP contribution in [0, 0.1) is 13.8 Å². The molecule has 22 heavy (non-hydrogen) atoms. The highest BCUT2D eigenvalue weighted by molar-refractivity contribution is 7.14. The predicted octanol–water partition coefficient (Wildman–Crippen LogP) is 3.43. The van der Waals surface area contributed by atoms with Crippen molar-refractivity contribution in [2.75, 3.05) is 19.6 Å². The molecular weight excluding hydrogens is 316 g/mol. The Morgan fingerprint density at radius 2 is 1.86 bits per heavy atom. The first-order chi connectivity index (χ1) is 10.1. The van der Waals surface area contributed by atoms with Crippen LogP contribution in [0.3, 0.4) is 0 Å². The number of hydrogen-bond acceptors (Lipinski definition) is 3. The van der Waals surface area contributed by atoms with E-state index in [1.807, 2.05) is 43.0 Å². The second-order valence-electron chi connectivity index (χ2n) is 5.17. The average Bonchev–Trinajstić information content (AvgIpc) is 2.83. The molecule has 0 saturated carbocycles. The van der Waals surface area contributed by atoms with E-state index in [2.05, 4.69) is 12.1 Å². The smallest absolute Gasteiger partial charge is 0.263 e. The molecule has 1 aromatic carbocycles. The lowest BCUT2D eigenvalue weighted by atomic mass is 10.1. The Bertz CT molecular complexity index is 578. The van der Waals surface area contributed by atoms with Gasteiger partial charge in [-0.15, -0.1) is 23.7 Å². The molecule has 1 amide bonds. The molecule has 2 aromatic rings. The van der Waals surface area contributed by atoms with Gasteiger partial charge in [0.25, 0.3) is 5.91 Å². The molecule has 120 valence electrons. The second kappa shape index (κ2) is 8.93. The van der Waals surface area contributed by atoms with Crippen molar-refractivity contribution < 1.29 is 4.79 Å². The Morgan fingerprint density at radius 3 is 2.41 bits per heavy atom. The van der Waals surface area contributed by atoms with Gasteiger partial charge in [0.1, 0.15) is 0 Å². The van der Waals surface area contributed by atoms with E-state index in [0.717, 1.165) is 11.3 Å². The molecule has 0 aliphatic carbocycles. The molecule has 0 fully saturated rings. The largest absolute Gasteiger partial charge is 0.336 e. The number of carbonyl (C=O) groups excluding carboxylic acids is 1. The van der Waals surface area contributed by atoms with Crippen LogP contribution in [0.1, 0.15) is 25.7 Å². The van der Waals surface area contributed by atoms with Gasteiger partial charge in [0.15, 0.2) is 0 Å². The highest BCUT2D eigenvalue weighted by Crippen LogP contribution is 2.22. The molecule has 1 aromatic heterocycles. The number of thiophene rings is 1. The van der Waals surface area contributed by atoms with Crippen LogP contribution in [-0.2, 0) is 6.42 Å². The van der Waals surface area contributed by atoms with Gasteiger partial charge in [-0.1, -0.05) is 30.3 Å². The zero-order valence-corrected chi connectivity index (χ0v) is 14.7. The fourth-order valence-electron chi connectivity index (χ4n) is 2.21. The van der Waals surface area contributed by atoms with Gasteiger partial charge in [0, 0.05) is 24.5 Å². The van der Waals surface area contributed by atoms with Gasteiger partial charge in [-0.3, -0.25) is 4.79 Å². The van der Waals surface area contributed by atoms with Crippen molar-refractivity contribution in [3.63, 3.8) is 0 Å². The number of halogens is 1. The molecule has 0 aliphatic rings. The quantitative estimate of drug-likeness (QED) is 0.877. The van der Waals surface area contributed by atoms with E-state index >= 15 is 0 Å². The molecule has 1 heterocycles. The molecule has 0 saturated heterocycles. The van der Waals surface area contributed by atoms with Crippen LogP contribution in [0.15, 0.2) is 36.4 Å². The van der Waals surface area contributed by atoms with E-state index < -0.39 is 0 Å². The van der Waals surface area contributed by atoms with Crippen molar-refractivity contribution in [3.8, 4) is 0 Å². The van der Waals surface area contributed by atoms with Crippen molar-refractivity contribution in [2.45, 2.75) is 20.3 Å². The van der Waals surface area contributed by atoms with E-state index in [0.29, 0.717) is 19.6 Å². The van der Waals surface area contributed by atoms with E-state index in [9.17, 15) is 4.79 Å². The molecule has 0 spiro atoms. The Kier molecular flexibility index (Phi) is 7.59. The van der Waals surface area contributed by atoms with Gasteiger partial charge in [-0.2, -0.15) is 0 Å². The van der Waals surface area contributed by atoms with Crippen LogP contribution in [-0.4, -0.2) is 30.4 Å². The molecule has 5 heteroatoms. The van der Waals surface area contributed by atoms with Gasteiger partial charge in [-0.05, 0) is 37.5 Å². The maximum atomic E-state index is 12.6. The lowest BCUT2D eigenvalue weighted by molar-refractivity contribution is 0.0767. The summed E-state index contributed by atoms with van der Waals surface area (Å²) in [5.41, 5.74) is 8.08. The molecule has 0 atom stereocenters. The summed E-state index contributed by atoms with van der Waals surface area (Å²) in [5, 5.41) is 0. The van der Waals surface area contributed by atoms with E-state index in [1.54, 1.807) is 11.3 Å². The molecular formula is C17H23ClN2OS. The topological polar surface area (TPSA) is 46.3 Å². The third-order valence-electron chi connectivity index (χ3n) is 3.58. The lowest BCUT2D eigenvalue weighted by Crippen LogP contribution is -2.36. The van der Waals surface area contributed by atoms with E-state index in [1.165, 1.54) is 16.0 Å². The number of rotatable bonds is 6. The fourth-order valence-corrected chi connectivity index (χ4v) is 3.22. The van der Waals surface area contributed by atoms with Gasteiger partial charge in [0.2, 0.25) is 0 Å². The normalized spacial score (nSPS) is 10.1. The maximum Gasteiger partial charge on any atom is 0.263 e. The number of nitrogens with two attached hydrogens (primary N) is 1. The zero-order chi connectivity index (χ0) is 15.2. The van der Waals surface area contributed by atoms with Crippen molar-refractivity contribution in [3.05, 3.63) is 57.3 Å². The number of carbonyl (C=O) groups is 1. The fraction of sp³-hybridized carbons (Fsp3) is 0.353. The average molecular weight is 339 g/mol. The molecule has 0 radical (unpaired) electrons. The third kappa shape index (κ3) is 4.83. The highest BCUT2D eigenvalue weighted by atomic mass is 35.5. The summed E-state index contributed by atoms with van der Waals surface area (Å²) in [6.45, 7) is 5.88. The van der Waals surface area contributed by atoms with Crippen molar-refractivity contribution >= 4 is 29.7 Å². The summed E-state index contributed by atoms with van der Waals surface area (Å²) in [6.07, 6.45) is 0.857. The third-order valence-corrected chi connectivity index (χ3v) is 4.72. The molecule has 2 rings (SSSR count). The van der Waals surface area contributed by atoms with Crippen LogP contribution < -0.4 is 5.73 Å². The van der Waals surface area contributed by atoms with Crippen molar-refractivity contribution in [1.82, 2.24) is 4.90 Å². The molecule has 0 aliphatic heterocycles. The minimum absolute atomic E-state index is 0. The summed E-state index contributed by atoms with van der Waals surface area (Å²) in [4.78, 5) is 16.5. The Hall–Kier alpha value is -1.36. The first-order valence-electron chi connectivity index (χ1n) is 7.22. The van der Waals surface area contributed by atoms with Crippen LogP contribution in [0.4, 0.5) is 0 Å². The van der Waals surface area contributed by atoms with Gasteiger partial charge in [0.05, 0.1) is 4.88 Å². The number of hydrogen-bond donors (Lipinski definition) is 1. The lowest BCUT2D eigenvalue weighted by Gasteiger charge is -2.21. The van der Waals surface area contributed by atoms with Crippen molar-refractivity contribution in [1.29, 1.82) is 0 Å². The van der Waals surface area contributed by atoms with E-state index in [4.69, 9.17) is 5.73 Å². The zero-order valence-electron chi connectivity index (χ0n) is 13.0. The maximum absolute atomic E-state index is 12.6. The van der Waals surface area contributed by atoms with Crippen LogP contribution in [0.2, 0.25) is 0 Å². The van der Waals surface area contributed by atoms with Crippen LogP contribution >= 0.6 is 23.7 Å². The first kappa shape index (κ1) is 18.7. The minimum Gasteiger partial charge on any atom is -0.336 e. The number of amides is 1. The monoisotopic (exact) mass is 338 g/mol. The van der Waals surface area contributed by atoms with Crippen molar-refractivity contribution in [2.24, 2.45) is 5.73 Å². The summed E-state index contributed by atoms with van der Waals surface area (Å²) in [7, 11) is 0. The summed E-state index contributed by atoms with van der Waals surface area (Å²) in [5.74, 6) is 0.0950. The number of aryl methyl sites for hydroxylation is 2. The number of nitrogens with zero attached hydrogens (tertiary/aromatic N) is 1. The van der Waals surface area contributed by atoms with Gasteiger partial charge < -0.3 is 10.6 Å². The predicted molar refractivity (Wildman–Crippen MR) is 96.1 cm³/mol. The standard InChI is InChI=1S/C17H22N2OS.ClH/c1-13-12-16(21-14(13)2)17(20)19(11-9-18)10-8-15-6-4-3-5-7-15;/h3-7,12H,8-11,18H2,1-2H3;1H. The minimum atomic E-state index is 0.